The molecule has 0 fully saturated rings. The molecule has 2 atom stereocenters. The van der Waals surface area contributed by atoms with E-state index < -0.39 is 30.4 Å². The van der Waals surface area contributed by atoms with Crippen LogP contribution in [0.15, 0.2) is 43.0 Å². The molecule has 3 N–H and O–H groups in total. The standard InChI is InChI=1S/C16H19N3O4/c1-11(21)15(14(22)9-20)18-16(23)13-4-2-12(3-5-13)8-19-7-6-17-10-19/h2-7,10-11,15,20-21H,8-9H2,1H3,(H,18,23)/t11-,15+/m1/s1. The van der Waals surface area contributed by atoms with Crippen LogP contribution in [0.1, 0.15) is 22.8 Å². The lowest BCUT2D eigenvalue weighted by Crippen LogP contribution is -2.48. The Kier molecular flexibility index (Phi) is 5.61. The van der Waals surface area contributed by atoms with Gasteiger partial charge in [0.05, 0.1) is 12.4 Å². The Morgan fingerprint density at radius 3 is 2.52 bits per heavy atom. The summed E-state index contributed by atoms with van der Waals surface area (Å²) < 4.78 is 1.90. The van der Waals surface area contributed by atoms with Gasteiger partial charge < -0.3 is 20.1 Å². The molecule has 1 aromatic carbocycles. The van der Waals surface area contributed by atoms with Crippen LogP contribution in [0.25, 0.3) is 0 Å². The van der Waals surface area contributed by atoms with Gasteiger partial charge in [-0.25, -0.2) is 4.98 Å². The molecule has 0 saturated heterocycles. The predicted octanol–water partition coefficient (Wildman–Crippen LogP) is -0.0280. The quantitative estimate of drug-likeness (QED) is 0.665. The third kappa shape index (κ3) is 4.48. The number of aliphatic hydroxyl groups excluding tert-OH is 2. The van der Waals surface area contributed by atoms with Gasteiger partial charge in [0.15, 0.2) is 5.78 Å². The Bertz CT molecular complexity index is 650. The number of carbonyl (C=O) groups excluding carboxylic acids is 2. The van der Waals surface area contributed by atoms with Crippen molar-refractivity contribution in [3.63, 3.8) is 0 Å². The molecule has 0 saturated carbocycles. The van der Waals surface area contributed by atoms with E-state index in [9.17, 15) is 14.7 Å². The van der Waals surface area contributed by atoms with Gasteiger partial charge in [-0.05, 0) is 24.6 Å². The monoisotopic (exact) mass is 317 g/mol. The summed E-state index contributed by atoms with van der Waals surface area (Å²) in [4.78, 5) is 27.6. The Morgan fingerprint density at radius 1 is 1.30 bits per heavy atom. The summed E-state index contributed by atoms with van der Waals surface area (Å²) >= 11 is 0. The van der Waals surface area contributed by atoms with Crippen molar-refractivity contribution in [2.24, 2.45) is 0 Å². The van der Waals surface area contributed by atoms with E-state index in [0.717, 1.165) is 5.56 Å². The zero-order valence-electron chi connectivity index (χ0n) is 12.7. The van der Waals surface area contributed by atoms with Crippen molar-refractivity contribution in [2.75, 3.05) is 6.61 Å². The van der Waals surface area contributed by atoms with Gasteiger partial charge in [-0.3, -0.25) is 9.59 Å². The largest absolute Gasteiger partial charge is 0.391 e. The molecule has 1 heterocycles. The van der Waals surface area contributed by atoms with E-state index in [1.165, 1.54) is 6.92 Å². The number of aromatic nitrogens is 2. The second kappa shape index (κ2) is 7.66. The number of hydrogen-bond acceptors (Lipinski definition) is 5. The number of benzene rings is 1. The summed E-state index contributed by atoms with van der Waals surface area (Å²) in [7, 11) is 0. The minimum Gasteiger partial charge on any atom is -0.391 e. The number of Topliss-reactive ketones (excluding diaryl/α,β-unsaturated/α-hetero) is 1. The Morgan fingerprint density at radius 2 is 2.00 bits per heavy atom. The molecule has 1 aromatic heterocycles. The predicted molar refractivity (Wildman–Crippen MR) is 82.8 cm³/mol. The zero-order valence-corrected chi connectivity index (χ0v) is 12.7. The highest BCUT2D eigenvalue weighted by Gasteiger charge is 2.25. The van der Waals surface area contributed by atoms with Crippen LogP contribution >= 0.6 is 0 Å². The van der Waals surface area contributed by atoms with Crippen LogP contribution in [0.4, 0.5) is 0 Å². The fourth-order valence-corrected chi connectivity index (χ4v) is 2.15. The van der Waals surface area contributed by atoms with Gasteiger partial charge in [-0.1, -0.05) is 12.1 Å². The number of nitrogens with one attached hydrogen (secondary N) is 1. The van der Waals surface area contributed by atoms with Crippen molar-refractivity contribution in [3.05, 3.63) is 54.1 Å². The average Bonchev–Trinajstić information content (AvgIpc) is 3.05. The third-order valence-electron chi connectivity index (χ3n) is 3.41. The molecule has 0 aliphatic carbocycles. The SMILES string of the molecule is C[C@@H](O)[C@H](NC(=O)c1ccc(Cn2ccnc2)cc1)C(=O)CO. The second-order valence-corrected chi connectivity index (χ2v) is 5.25. The van der Waals surface area contributed by atoms with Gasteiger partial charge in [0, 0.05) is 24.5 Å². The van der Waals surface area contributed by atoms with E-state index in [-0.39, 0.29) is 0 Å². The van der Waals surface area contributed by atoms with E-state index in [2.05, 4.69) is 10.3 Å². The molecule has 1 amide bonds. The minimum absolute atomic E-state index is 0.371. The normalized spacial score (nSPS) is 13.3. The van der Waals surface area contributed by atoms with E-state index in [0.29, 0.717) is 12.1 Å². The molecular formula is C16H19N3O4. The number of imidazole rings is 1. The van der Waals surface area contributed by atoms with Gasteiger partial charge in [-0.2, -0.15) is 0 Å². The lowest BCUT2D eigenvalue weighted by molar-refractivity contribution is -0.125. The molecule has 0 aliphatic heterocycles. The van der Waals surface area contributed by atoms with Crippen LogP contribution in [0, 0.1) is 0 Å². The van der Waals surface area contributed by atoms with Crippen molar-refractivity contribution < 1.29 is 19.8 Å². The molecule has 0 radical (unpaired) electrons. The summed E-state index contributed by atoms with van der Waals surface area (Å²) in [6.07, 6.45) is 4.15. The van der Waals surface area contributed by atoms with Crippen LogP contribution in [0.3, 0.4) is 0 Å². The first kappa shape index (κ1) is 16.9. The zero-order chi connectivity index (χ0) is 16.8. The van der Waals surface area contributed by atoms with E-state index in [1.54, 1.807) is 36.8 Å². The molecule has 0 aliphatic rings. The molecule has 2 rings (SSSR count). The van der Waals surface area contributed by atoms with E-state index in [1.807, 2.05) is 10.8 Å². The fourth-order valence-electron chi connectivity index (χ4n) is 2.15. The Hall–Kier alpha value is -2.51. The molecular weight excluding hydrogens is 298 g/mol. The van der Waals surface area contributed by atoms with Crippen molar-refractivity contribution in [1.82, 2.24) is 14.9 Å². The van der Waals surface area contributed by atoms with Crippen LogP contribution < -0.4 is 5.32 Å². The van der Waals surface area contributed by atoms with Crippen LogP contribution in [-0.4, -0.2) is 50.2 Å². The Balaban J connectivity index is 2.03. The number of nitrogens with zero attached hydrogens (tertiary/aromatic N) is 2. The molecule has 0 unspecified atom stereocenters. The first-order valence-corrected chi connectivity index (χ1v) is 7.18. The van der Waals surface area contributed by atoms with Crippen LogP contribution in [-0.2, 0) is 11.3 Å². The molecule has 23 heavy (non-hydrogen) atoms. The van der Waals surface area contributed by atoms with Gasteiger partial charge in [0.1, 0.15) is 12.6 Å². The highest BCUT2D eigenvalue weighted by atomic mass is 16.3. The highest BCUT2D eigenvalue weighted by Crippen LogP contribution is 2.07. The first-order valence-electron chi connectivity index (χ1n) is 7.18. The molecule has 2 aromatic rings. The summed E-state index contributed by atoms with van der Waals surface area (Å²) in [6, 6.07) is 5.77. The molecule has 0 bridgehead atoms. The average molecular weight is 317 g/mol. The number of ketones is 1. The topological polar surface area (TPSA) is 104 Å². The van der Waals surface area contributed by atoms with E-state index in [4.69, 9.17) is 5.11 Å². The highest BCUT2D eigenvalue weighted by molar-refractivity contribution is 5.98. The summed E-state index contributed by atoms with van der Waals surface area (Å²) in [5, 5.41) is 20.9. The summed E-state index contributed by atoms with van der Waals surface area (Å²) in [5.74, 6) is -1.11. The molecule has 0 spiro atoms. The van der Waals surface area contributed by atoms with Gasteiger partial charge in [0.2, 0.25) is 0 Å². The van der Waals surface area contributed by atoms with Gasteiger partial charge in [0.25, 0.3) is 5.91 Å². The number of rotatable bonds is 7. The van der Waals surface area contributed by atoms with Gasteiger partial charge in [-0.15, -0.1) is 0 Å². The molecule has 7 heteroatoms. The third-order valence-corrected chi connectivity index (χ3v) is 3.41. The molecule has 7 nitrogen and oxygen atoms in total. The number of aliphatic hydroxyl groups is 2. The lowest BCUT2D eigenvalue weighted by atomic mass is 10.1. The minimum atomic E-state index is -1.13. The summed E-state index contributed by atoms with van der Waals surface area (Å²) in [5.41, 5.74) is 1.37. The van der Waals surface area contributed by atoms with Crippen molar-refractivity contribution >= 4 is 11.7 Å². The van der Waals surface area contributed by atoms with Crippen molar-refractivity contribution in [3.8, 4) is 0 Å². The van der Waals surface area contributed by atoms with Crippen molar-refractivity contribution in [2.45, 2.75) is 25.6 Å². The smallest absolute Gasteiger partial charge is 0.251 e. The van der Waals surface area contributed by atoms with Crippen molar-refractivity contribution in [1.29, 1.82) is 0 Å². The van der Waals surface area contributed by atoms with E-state index >= 15 is 0 Å². The number of carbonyl (C=O) groups is 2. The van der Waals surface area contributed by atoms with Crippen LogP contribution in [0.2, 0.25) is 0 Å². The maximum absolute atomic E-state index is 12.1. The Labute approximate surface area is 133 Å². The van der Waals surface area contributed by atoms with Crippen LogP contribution in [0.5, 0.6) is 0 Å². The fraction of sp³-hybridized carbons (Fsp3) is 0.312. The maximum atomic E-state index is 12.1. The maximum Gasteiger partial charge on any atom is 0.251 e. The lowest BCUT2D eigenvalue weighted by Gasteiger charge is -2.19. The summed E-state index contributed by atoms with van der Waals surface area (Å²) in [6.45, 7) is 1.29. The van der Waals surface area contributed by atoms with Gasteiger partial charge >= 0.3 is 0 Å². The number of hydrogen-bond donors (Lipinski definition) is 3. The number of amides is 1. The second-order valence-electron chi connectivity index (χ2n) is 5.25. The molecule has 122 valence electrons. The first-order chi connectivity index (χ1) is 11.0.